The van der Waals surface area contributed by atoms with Gasteiger partial charge in [-0.3, -0.25) is 14.4 Å². The molecule has 0 aromatic heterocycles. The van der Waals surface area contributed by atoms with Crippen LogP contribution in [0.15, 0.2) is 24.3 Å². The maximum atomic E-state index is 12.6. The molecule has 0 N–H and O–H groups in total. The van der Waals surface area contributed by atoms with Crippen molar-refractivity contribution in [3.8, 4) is 0 Å². The molecule has 1 atom stereocenters. The molecule has 0 heterocycles. The standard InChI is InChI=1S/C43H78O6/c1-4-7-10-13-15-17-19-21-23-25-27-30-33-36-42(45)48-39-40(38-47-41(44)35-32-29-12-9-6-3)49-43(46)37-34-31-28-26-24-22-20-18-16-14-11-8-5-2/h17-20,40H,4-16,21-39H2,1-3H3/b19-17-,20-18-. The lowest BCUT2D eigenvalue weighted by molar-refractivity contribution is -0.167. The lowest BCUT2D eigenvalue weighted by Gasteiger charge is -2.18. The quantitative estimate of drug-likeness (QED) is 0.0279. The van der Waals surface area contributed by atoms with E-state index in [0.29, 0.717) is 19.3 Å². The highest BCUT2D eigenvalue weighted by Gasteiger charge is 2.19. The minimum atomic E-state index is -0.769. The summed E-state index contributed by atoms with van der Waals surface area (Å²) in [5, 5.41) is 0. The van der Waals surface area contributed by atoms with E-state index in [2.05, 4.69) is 45.1 Å². The molecule has 0 amide bonds. The van der Waals surface area contributed by atoms with Gasteiger partial charge in [0, 0.05) is 19.3 Å². The fraction of sp³-hybridized carbons (Fsp3) is 0.837. The number of unbranched alkanes of at least 4 members (excludes halogenated alkanes) is 22. The Morgan fingerprint density at radius 1 is 0.388 bits per heavy atom. The van der Waals surface area contributed by atoms with E-state index in [9.17, 15) is 14.4 Å². The van der Waals surface area contributed by atoms with Gasteiger partial charge in [-0.25, -0.2) is 0 Å². The topological polar surface area (TPSA) is 78.9 Å². The van der Waals surface area contributed by atoms with Crippen LogP contribution < -0.4 is 0 Å². The van der Waals surface area contributed by atoms with Gasteiger partial charge < -0.3 is 14.2 Å². The van der Waals surface area contributed by atoms with Crippen LogP contribution in [0.2, 0.25) is 0 Å². The van der Waals surface area contributed by atoms with Gasteiger partial charge in [-0.05, 0) is 70.6 Å². The summed E-state index contributed by atoms with van der Waals surface area (Å²) in [7, 11) is 0. The van der Waals surface area contributed by atoms with Crippen molar-refractivity contribution in [1.29, 1.82) is 0 Å². The van der Waals surface area contributed by atoms with E-state index in [1.807, 2.05) is 0 Å². The summed E-state index contributed by atoms with van der Waals surface area (Å²) in [5.74, 6) is -0.910. The predicted octanol–water partition coefficient (Wildman–Crippen LogP) is 12.9. The SMILES string of the molecule is CCCCCC/C=C\CCCCCCCC(=O)OCC(COC(=O)CCCCCCC)OC(=O)CCCCCCC/C=C\CCCCCC. The number of carbonyl (C=O) groups excluding carboxylic acids is 3. The smallest absolute Gasteiger partial charge is 0.306 e. The van der Waals surface area contributed by atoms with Crippen LogP contribution in [-0.4, -0.2) is 37.2 Å². The second-order valence-electron chi connectivity index (χ2n) is 13.9. The summed E-state index contributed by atoms with van der Waals surface area (Å²) in [6, 6.07) is 0. The molecule has 0 saturated heterocycles. The molecule has 0 spiro atoms. The fourth-order valence-corrected chi connectivity index (χ4v) is 5.72. The van der Waals surface area contributed by atoms with Gasteiger partial charge in [0.25, 0.3) is 0 Å². The third kappa shape index (κ3) is 37.0. The molecule has 0 aliphatic carbocycles. The Hall–Kier alpha value is -2.11. The number of allylic oxidation sites excluding steroid dienone is 4. The largest absolute Gasteiger partial charge is 0.462 e. The fourth-order valence-electron chi connectivity index (χ4n) is 5.72. The molecule has 0 bridgehead atoms. The van der Waals surface area contributed by atoms with Gasteiger partial charge in [-0.2, -0.15) is 0 Å². The van der Waals surface area contributed by atoms with E-state index < -0.39 is 6.10 Å². The number of hydrogen-bond donors (Lipinski definition) is 0. The molecule has 0 aromatic rings. The maximum Gasteiger partial charge on any atom is 0.306 e. The highest BCUT2D eigenvalue weighted by Crippen LogP contribution is 2.13. The Kier molecular flexibility index (Phi) is 37.0. The van der Waals surface area contributed by atoms with Gasteiger partial charge in [-0.1, -0.05) is 148 Å². The Morgan fingerprint density at radius 2 is 0.673 bits per heavy atom. The first kappa shape index (κ1) is 46.9. The van der Waals surface area contributed by atoms with E-state index >= 15 is 0 Å². The van der Waals surface area contributed by atoms with E-state index in [-0.39, 0.29) is 31.1 Å². The first-order chi connectivity index (χ1) is 24.0. The highest BCUT2D eigenvalue weighted by atomic mass is 16.6. The summed E-state index contributed by atoms with van der Waals surface area (Å²) in [6.07, 6.45) is 40.4. The number of carbonyl (C=O) groups is 3. The summed E-state index contributed by atoms with van der Waals surface area (Å²) in [4.78, 5) is 37.3. The first-order valence-corrected chi connectivity index (χ1v) is 20.8. The number of rotatable bonds is 37. The van der Waals surface area contributed by atoms with E-state index in [1.165, 1.54) is 96.3 Å². The minimum Gasteiger partial charge on any atom is -0.462 e. The first-order valence-electron chi connectivity index (χ1n) is 20.8. The van der Waals surface area contributed by atoms with Gasteiger partial charge in [0.15, 0.2) is 6.10 Å². The minimum absolute atomic E-state index is 0.0773. The summed E-state index contributed by atoms with van der Waals surface area (Å²) < 4.78 is 16.5. The molecule has 1 unspecified atom stereocenters. The molecular weight excluding hydrogens is 612 g/mol. The van der Waals surface area contributed by atoms with Gasteiger partial charge >= 0.3 is 17.9 Å². The Labute approximate surface area is 303 Å². The van der Waals surface area contributed by atoms with Crippen molar-refractivity contribution in [2.75, 3.05) is 13.2 Å². The van der Waals surface area contributed by atoms with E-state index in [0.717, 1.165) is 77.0 Å². The zero-order chi connectivity index (χ0) is 35.9. The highest BCUT2D eigenvalue weighted by molar-refractivity contribution is 5.71. The lowest BCUT2D eigenvalue weighted by atomic mass is 10.1. The second kappa shape index (κ2) is 38.7. The molecule has 0 rings (SSSR count). The van der Waals surface area contributed by atoms with Gasteiger partial charge in [-0.15, -0.1) is 0 Å². The monoisotopic (exact) mass is 691 g/mol. The van der Waals surface area contributed by atoms with Crippen molar-refractivity contribution < 1.29 is 28.6 Å². The van der Waals surface area contributed by atoms with Crippen molar-refractivity contribution >= 4 is 17.9 Å². The molecule has 0 aromatic carbocycles. The molecule has 0 saturated carbocycles. The normalized spacial score (nSPS) is 12.1. The Morgan fingerprint density at radius 3 is 1.04 bits per heavy atom. The predicted molar refractivity (Wildman–Crippen MR) is 206 cm³/mol. The molecule has 6 nitrogen and oxygen atoms in total. The van der Waals surface area contributed by atoms with Gasteiger partial charge in [0.05, 0.1) is 0 Å². The lowest BCUT2D eigenvalue weighted by Crippen LogP contribution is -2.30. The Bertz CT molecular complexity index is 804. The molecule has 0 aliphatic heterocycles. The summed E-state index contributed by atoms with van der Waals surface area (Å²) >= 11 is 0. The van der Waals surface area contributed by atoms with Crippen molar-refractivity contribution in [3.63, 3.8) is 0 Å². The number of hydrogen-bond acceptors (Lipinski definition) is 6. The van der Waals surface area contributed by atoms with Crippen LogP contribution in [0.4, 0.5) is 0 Å². The maximum absolute atomic E-state index is 12.6. The summed E-state index contributed by atoms with van der Waals surface area (Å²) in [5.41, 5.74) is 0. The van der Waals surface area contributed by atoms with Crippen LogP contribution in [0.1, 0.15) is 213 Å². The van der Waals surface area contributed by atoms with Crippen LogP contribution in [0.25, 0.3) is 0 Å². The van der Waals surface area contributed by atoms with Crippen molar-refractivity contribution in [1.82, 2.24) is 0 Å². The van der Waals surface area contributed by atoms with Crippen molar-refractivity contribution in [3.05, 3.63) is 24.3 Å². The van der Waals surface area contributed by atoms with Crippen LogP contribution in [-0.2, 0) is 28.6 Å². The number of ether oxygens (including phenoxy) is 3. The average molecular weight is 691 g/mol. The zero-order valence-corrected chi connectivity index (χ0v) is 32.5. The molecule has 0 radical (unpaired) electrons. The zero-order valence-electron chi connectivity index (χ0n) is 32.5. The Balaban J connectivity index is 4.29. The van der Waals surface area contributed by atoms with Crippen molar-refractivity contribution in [2.45, 2.75) is 219 Å². The van der Waals surface area contributed by atoms with E-state index in [1.54, 1.807) is 0 Å². The van der Waals surface area contributed by atoms with Crippen molar-refractivity contribution in [2.24, 2.45) is 0 Å². The second-order valence-corrected chi connectivity index (χ2v) is 13.9. The van der Waals surface area contributed by atoms with Crippen LogP contribution >= 0.6 is 0 Å². The molecule has 6 heteroatoms. The van der Waals surface area contributed by atoms with E-state index in [4.69, 9.17) is 14.2 Å². The van der Waals surface area contributed by atoms with Crippen LogP contribution in [0, 0.1) is 0 Å². The number of esters is 3. The van der Waals surface area contributed by atoms with Gasteiger partial charge in [0.1, 0.15) is 13.2 Å². The average Bonchev–Trinajstić information content (AvgIpc) is 3.09. The molecule has 286 valence electrons. The summed E-state index contributed by atoms with van der Waals surface area (Å²) in [6.45, 7) is 6.49. The van der Waals surface area contributed by atoms with Crippen LogP contribution in [0.5, 0.6) is 0 Å². The molecular formula is C43H78O6. The van der Waals surface area contributed by atoms with Crippen LogP contribution in [0.3, 0.4) is 0 Å². The molecule has 49 heavy (non-hydrogen) atoms. The third-order valence-corrected chi connectivity index (χ3v) is 8.93. The molecule has 0 fully saturated rings. The third-order valence-electron chi connectivity index (χ3n) is 8.93. The van der Waals surface area contributed by atoms with Gasteiger partial charge in [0.2, 0.25) is 0 Å². The molecule has 0 aliphatic rings.